The smallest absolute Gasteiger partial charge is 0.253 e. The molecule has 1 atom stereocenters. The molecule has 2 aliphatic rings. The maximum Gasteiger partial charge on any atom is 0.253 e. The minimum atomic E-state index is -0.102. The van der Waals surface area contributed by atoms with Gasteiger partial charge in [0.1, 0.15) is 0 Å². The molecule has 2 aliphatic heterocycles. The van der Waals surface area contributed by atoms with E-state index < -0.39 is 0 Å². The molecule has 178 valence electrons. The number of benzene rings is 2. The van der Waals surface area contributed by atoms with Crippen LogP contribution in [-0.4, -0.2) is 41.0 Å². The summed E-state index contributed by atoms with van der Waals surface area (Å²) >= 11 is 5.78. The molecule has 7 nitrogen and oxygen atoms in total. The van der Waals surface area contributed by atoms with Crippen LogP contribution in [0.2, 0.25) is 0 Å². The first kappa shape index (κ1) is 22.7. The Labute approximate surface area is 204 Å². The lowest BCUT2D eigenvalue weighted by molar-refractivity contribution is 0.113. The molecule has 2 aromatic carbocycles. The summed E-state index contributed by atoms with van der Waals surface area (Å²) in [5, 5.41) is 4.99. The highest BCUT2D eigenvalue weighted by atomic mass is 32.1. The van der Waals surface area contributed by atoms with Crippen LogP contribution in [0.3, 0.4) is 0 Å². The summed E-state index contributed by atoms with van der Waals surface area (Å²) in [6, 6.07) is 12.0. The Bertz CT molecular complexity index is 1280. The van der Waals surface area contributed by atoms with Gasteiger partial charge >= 0.3 is 0 Å². The molecule has 34 heavy (non-hydrogen) atoms. The maximum absolute atomic E-state index is 13.0. The van der Waals surface area contributed by atoms with Gasteiger partial charge < -0.3 is 29.4 Å². The zero-order valence-corrected chi connectivity index (χ0v) is 20.3. The summed E-state index contributed by atoms with van der Waals surface area (Å²) in [7, 11) is 0. The average molecular weight is 480 g/mol. The predicted molar refractivity (Wildman–Crippen MR) is 135 cm³/mol. The third-order valence-corrected chi connectivity index (χ3v) is 6.76. The van der Waals surface area contributed by atoms with Crippen LogP contribution < -0.4 is 20.3 Å². The molecule has 0 spiro atoms. The SMILES string of the molecule is Cc1cc(C)c2cc(CN(Cc3ccc4c(c3)OCO4)C(=S)NC[C@H]3CCCO3)c(=O)[nH]c2c1. The standard InChI is InChI=1S/C26H29N3O4S/c1-16-8-17(2)21-11-19(25(30)28-22(21)9-16)14-29(26(34)27-12-20-4-3-7-31-20)13-18-5-6-23-24(10-18)33-15-32-23/h5-6,8-11,20H,3-4,7,12-15H2,1-2H3,(H,27,34)(H,28,30)/t20-/m1/s1. The Balaban J connectivity index is 1.41. The molecule has 2 N–H and O–H groups in total. The number of fused-ring (bicyclic) bond motifs is 2. The largest absolute Gasteiger partial charge is 0.454 e. The Morgan fingerprint density at radius 2 is 2.00 bits per heavy atom. The van der Waals surface area contributed by atoms with Crippen LogP contribution in [0.25, 0.3) is 10.9 Å². The molecule has 0 unspecified atom stereocenters. The van der Waals surface area contributed by atoms with Crippen molar-refractivity contribution in [2.75, 3.05) is 19.9 Å². The number of H-pyrrole nitrogens is 1. The number of hydrogen-bond acceptors (Lipinski definition) is 5. The van der Waals surface area contributed by atoms with Crippen molar-refractivity contribution in [3.8, 4) is 11.5 Å². The predicted octanol–water partition coefficient (Wildman–Crippen LogP) is 3.93. The van der Waals surface area contributed by atoms with Gasteiger partial charge in [0.25, 0.3) is 5.56 Å². The minimum Gasteiger partial charge on any atom is -0.454 e. The second kappa shape index (κ2) is 9.64. The summed E-state index contributed by atoms with van der Waals surface area (Å²) in [6.45, 7) is 6.69. The molecule has 1 saturated heterocycles. The van der Waals surface area contributed by atoms with Gasteiger partial charge in [-0.3, -0.25) is 4.79 Å². The molecular weight excluding hydrogens is 450 g/mol. The number of rotatable bonds is 6. The number of nitrogens with one attached hydrogen (secondary N) is 2. The number of thiocarbonyl (C=S) groups is 1. The number of pyridine rings is 1. The lowest BCUT2D eigenvalue weighted by atomic mass is 10.0. The van der Waals surface area contributed by atoms with Crippen LogP contribution in [0.15, 0.2) is 41.2 Å². The lowest BCUT2D eigenvalue weighted by Crippen LogP contribution is -2.42. The molecule has 0 saturated carbocycles. The van der Waals surface area contributed by atoms with E-state index in [1.165, 1.54) is 0 Å². The van der Waals surface area contributed by atoms with Crippen molar-refractivity contribution in [3.05, 3.63) is 69.0 Å². The lowest BCUT2D eigenvalue weighted by Gasteiger charge is -2.27. The fraction of sp³-hybridized carbons (Fsp3) is 0.385. The van der Waals surface area contributed by atoms with Gasteiger partial charge in [0, 0.05) is 36.2 Å². The van der Waals surface area contributed by atoms with Gasteiger partial charge in [0.2, 0.25) is 6.79 Å². The molecule has 3 heterocycles. The molecule has 0 aliphatic carbocycles. The highest BCUT2D eigenvalue weighted by Crippen LogP contribution is 2.33. The molecule has 1 aromatic heterocycles. The highest BCUT2D eigenvalue weighted by Gasteiger charge is 2.20. The van der Waals surface area contributed by atoms with Crippen molar-refractivity contribution in [1.29, 1.82) is 0 Å². The Morgan fingerprint density at radius 3 is 2.82 bits per heavy atom. The van der Waals surface area contributed by atoms with Crippen LogP contribution in [0.1, 0.15) is 35.1 Å². The van der Waals surface area contributed by atoms with Crippen molar-refractivity contribution in [2.24, 2.45) is 0 Å². The monoisotopic (exact) mass is 479 g/mol. The van der Waals surface area contributed by atoms with E-state index in [2.05, 4.69) is 23.3 Å². The van der Waals surface area contributed by atoms with Gasteiger partial charge in [0.05, 0.1) is 12.6 Å². The summed E-state index contributed by atoms with van der Waals surface area (Å²) in [5.74, 6) is 1.47. The van der Waals surface area contributed by atoms with Crippen LogP contribution in [0.5, 0.6) is 11.5 Å². The maximum atomic E-state index is 13.0. The van der Waals surface area contributed by atoms with Crippen LogP contribution in [-0.2, 0) is 17.8 Å². The molecule has 3 aromatic rings. The number of ether oxygens (including phenoxy) is 3. The van der Waals surface area contributed by atoms with Crippen molar-refractivity contribution in [2.45, 2.75) is 45.9 Å². The molecule has 0 amide bonds. The number of aromatic amines is 1. The van der Waals surface area contributed by atoms with Crippen LogP contribution in [0, 0.1) is 13.8 Å². The zero-order chi connectivity index (χ0) is 23.7. The Hall–Kier alpha value is -3.10. The van der Waals surface area contributed by atoms with E-state index >= 15 is 0 Å². The van der Waals surface area contributed by atoms with E-state index in [1.807, 2.05) is 42.2 Å². The van der Waals surface area contributed by atoms with Gasteiger partial charge in [-0.25, -0.2) is 0 Å². The highest BCUT2D eigenvalue weighted by molar-refractivity contribution is 7.80. The second-order valence-electron chi connectivity index (χ2n) is 9.03. The van der Waals surface area contributed by atoms with E-state index in [1.54, 1.807) is 0 Å². The topological polar surface area (TPSA) is 75.8 Å². The van der Waals surface area contributed by atoms with E-state index in [-0.39, 0.29) is 18.5 Å². The van der Waals surface area contributed by atoms with Gasteiger partial charge in [-0.05, 0) is 79.9 Å². The molecule has 5 rings (SSSR count). The summed E-state index contributed by atoms with van der Waals surface area (Å²) < 4.78 is 16.7. The number of aromatic nitrogens is 1. The third kappa shape index (κ3) is 4.88. The average Bonchev–Trinajstić information content (AvgIpc) is 3.49. The van der Waals surface area contributed by atoms with Gasteiger partial charge in [-0.1, -0.05) is 12.1 Å². The van der Waals surface area contributed by atoms with Gasteiger partial charge in [-0.15, -0.1) is 0 Å². The quantitative estimate of drug-likeness (QED) is 0.519. The Kier molecular flexibility index (Phi) is 6.43. The molecule has 0 radical (unpaired) electrons. The zero-order valence-electron chi connectivity index (χ0n) is 19.5. The summed E-state index contributed by atoms with van der Waals surface area (Å²) in [6.07, 6.45) is 2.27. The first-order valence-electron chi connectivity index (χ1n) is 11.6. The van der Waals surface area contributed by atoms with E-state index in [4.69, 9.17) is 26.4 Å². The van der Waals surface area contributed by atoms with E-state index in [0.717, 1.165) is 58.5 Å². The fourth-order valence-electron chi connectivity index (χ4n) is 4.62. The Morgan fingerprint density at radius 1 is 1.15 bits per heavy atom. The van der Waals surface area contributed by atoms with Crippen molar-refractivity contribution < 1.29 is 14.2 Å². The van der Waals surface area contributed by atoms with Crippen LogP contribution in [0.4, 0.5) is 0 Å². The van der Waals surface area contributed by atoms with Gasteiger partial charge in [-0.2, -0.15) is 0 Å². The van der Waals surface area contributed by atoms with E-state index in [9.17, 15) is 4.79 Å². The van der Waals surface area contributed by atoms with Crippen molar-refractivity contribution in [1.82, 2.24) is 15.2 Å². The summed E-state index contributed by atoms with van der Waals surface area (Å²) in [4.78, 5) is 18.1. The third-order valence-electron chi connectivity index (χ3n) is 6.35. The fourth-order valence-corrected chi connectivity index (χ4v) is 4.83. The van der Waals surface area contributed by atoms with Crippen LogP contribution >= 0.6 is 12.2 Å². The van der Waals surface area contributed by atoms with Crippen molar-refractivity contribution >= 4 is 28.2 Å². The van der Waals surface area contributed by atoms with E-state index in [0.29, 0.717) is 30.3 Å². The first-order chi connectivity index (χ1) is 16.5. The summed E-state index contributed by atoms with van der Waals surface area (Å²) in [5.41, 5.74) is 4.70. The number of hydrogen-bond donors (Lipinski definition) is 2. The van der Waals surface area contributed by atoms with Crippen molar-refractivity contribution in [3.63, 3.8) is 0 Å². The van der Waals surface area contributed by atoms with Gasteiger partial charge in [0.15, 0.2) is 16.6 Å². The molecule has 0 bridgehead atoms. The minimum absolute atomic E-state index is 0.102. The molecule has 8 heteroatoms. The number of nitrogens with zero attached hydrogens (tertiary/aromatic N) is 1. The molecular formula is C26H29N3O4S. The second-order valence-corrected chi connectivity index (χ2v) is 9.42. The number of aryl methyl sites for hydroxylation is 2. The molecule has 1 fully saturated rings. The first-order valence-corrected chi connectivity index (χ1v) is 12.0. The normalized spacial score (nSPS) is 16.7.